The Balaban J connectivity index is 1.63. The number of aromatic nitrogens is 2. The molecule has 0 spiro atoms. The van der Waals surface area contributed by atoms with Gasteiger partial charge in [-0.1, -0.05) is 30.3 Å². The largest absolute Gasteiger partial charge is 0.494 e. The average Bonchev–Trinajstić information content (AvgIpc) is 3.25. The summed E-state index contributed by atoms with van der Waals surface area (Å²) < 4.78 is 52.4. The van der Waals surface area contributed by atoms with E-state index in [4.69, 9.17) is 4.74 Å². The fourth-order valence-corrected chi connectivity index (χ4v) is 3.85. The van der Waals surface area contributed by atoms with Crippen LogP contribution in [-0.4, -0.2) is 29.2 Å². The molecule has 8 heteroatoms. The molecule has 0 aliphatic rings. The SMILES string of the molecule is COC(=O)CCCCCOc1ccc2nc(-c3cccc(C(F)(F)F)c3)n(-c3ccccc3)c2c1. The van der Waals surface area contributed by atoms with Crippen molar-refractivity contribution in [2.45, 2.75) is 31.9 Å². The van der Waals surface area contributed by atoms with Gasteiger partial charge in [0.05, 0.1) is 30.3 Å². The smallest absolute Gasteiger partial charge is 0.416 e. The lowest BCUT2D eigenvalue weighted by molar-refractivity contribution is -0.140. The standard InChI is InChI=1S/C27H25F3N2O3/c1-34-25(33)13-6-3-7-16-35-22-14-15-23-24(18-22)32(21-11-4-2-5-12-21)26(31-23)19-9-8-10-20(17-19)27(28,29)30/h2,4-5,8-12,14-15,17-18H,3,6-7,13,16H2,1H3. The number of hydrogen-bond acceptors (Lipinski definition) is 4. The highest BCUT2D eigenvalue weighted by Crippen LogP contribution is 2.35. The summed E-state index contributed by atoms with van der Waals surface area (Å²) in [6.45, 7) is 0.479. The van der Waals surface area contributed by atoms with Gasteiger partial charge in [0.1, 0.15) is 11.6 Å². The molecule has 0 saturated carbocycles. The van der Waals surface area contributed by atoms with E-state index in [1.807, 2.05) is 41.0 Å². The predicted molar refractivity (Wildman–Crippen MR) is 127 cm³/mol. The van der Waals surface area contributed by atoms with Crippen LogP contribution < -0.4 is 4.74 Å². The van der Waals surface area contributed by atoms with Gasteiger partial charge in [0.2, 0.25) is 0 Å². The number of esters is 1. The van der Waals surface area contributed by atoms with Crippen LogP contribution in [0, 0.1) is 0 Å². The monoisotopic (exact) mass is 482 g/mol. The molecule has 0 radical (unpaired) electrons. The van der Waals surface area contributed by atoms with Crippen molar-refractivity contribution in [1.29, 1.82) is 0 Å². The van der Waals surface area contributed by atoms with E-state index < -0.39 is 11.7 Å². The highest BCUT2D eigenvalue weighted by atomic mass is 19.4. The molecule has 3 aromatic carbocycles. The van der Waals surface area contributed by atoms with Crippen LogP contribution in [0.4, 0.5) is 13.2 Å². The number of nitrogens with zero attached hydrogens (tertiary/aromatic N) is 2. The molecule has 1 aromatic heterocycles. The number of halogens is 3. The van der Waals surface area contributed by atoms with Gasteiger partial charge in [0.25, 0.3) is 0 Å². The van der Waals surface area contributed by atoms with Gasteiger partial charge in [-0.3, -0.25) is 9.36 Å². The molecule has 4 rings (SSSR count). The van der Waals surface area contributed by atoms with Crippen molar-refractivity contribution in [1.82, 2.24) is 9.55 Å². The van der Waals surface area contributed by atoms with E-state index in [0.29, 0.717) is 35.7 Å². The van der Waals surface area contributed by atoms with Gasteiger partial charge >= 0.3 is 12.1 Å². The summed E-state index contributed by atoms with van der Waals surface area (Å²) in [7, 11) is 1.38. The fourth-order valence-electron chi connectivity index (χ4n) is 3.85. The molecule has 0 aliphatic carbocycles. The normalized spacial score (nSPS) is 11.5. The van der Waals surface area contributed by atoms with Crippen molar-refractivity contribution in [3.63, 3.8) is 0 Å². The number of methoxy groups -OCH3 is 1. The zero-order valence-electron chi connectivity index (χ0n) is 19.2. The maximum absolute atomic E-state index is 13.4. The first kappa shape index (κ1) is 24.3. The lowest BCUT2D eigenvalue weighted by Crippen LogP contribution is -2.05. The van der Waals surface area contributed by atoms with Gasteiger partial charge in [0, 0.05) is 23.7 Å². The summed E-state index contributed by atoms with van der Waals surface area (Å²) in [5.41, 5.74) is 1.80. The Morgan fingerprint density at radius 3 is 2.49 bits per heavy atom. The second kappa shape index (κ2) is 10.6. The maximum Gasteiger partial charge on any atom is 0.416 e. The van der Waals surface area contributed by atoms with Crippen LogP contribution in [0.3, 0.4) is 0 Å². The first-order valence-electron chi connectivity index (χ1n) is 11.3. The van der Waals surface area contributed by atoms with Gasteiger partial charge in [-0.15, -0.1) is 0 Å². The zero-order valence-corrected chi connectivity index (χ0v) is 19.2. The molecule has 35 heavy (non-hydrogen) atoms. The van der Waals surface area contributed by atoms with E-state index in [9.17, 15) is 18.0 Å². The maximum atomic E-state index is 13.4. The Labute approximate surface area is 201 Å². The van der Waals surface area contributed by atoms with Crippen LogP contribution in [0.1, 0.15) is 31.2 Å². The minimum atomic E-state index is -4.45. The molecule has 0 fully saturated rings. The molecule has 0 N–H and O–H groups in total. The van der Waals surface area contributed by atoms with Crippen LogP contribution in [-0.2, 0) is 15.7 Å². The van der Waals surface area contributed by atoms with E-state index in [2.05, 4.69) is 9.72 Å². The number of hydrogen-bond donors (Lipinski definition) is 0. The van der Waals surface area contributed by atoms with Crippen molar-refractivity contribution in [3.8, 4) is 22.8 Å². The van der Waals surface area contributed by atoms with Crippen LogP contribution in [0.15, 0.2) is 72.8 Å². The van der Waals surface area contributed by atoms with Crippen molar-refractivity contribution >= 4 is 17.0 Å². The van der Waals surface area contributed by atoms with Crippen molar-refractivity contribution in [2.75, 3.05) is 13.7 Å². The number of benzene rings is 3. The molecular weight excluding hydrogens is 457 g/mol. The Kier molecular flexibility index (Phi) is 7.39. The molecular formula is C27H25F3N2O3. The molecule has 5 nitrogen and oxygen atoms in total. The number of para-hydroxylation sites is 1. The predicted octanol–water partition coefficient (Wildman–Crippen LogP) is 6.82. The summed E-state index contributed by atoms with van der Waals surface area (Å²) >= 11 is 0. The summed E-state index contributed by atoms with van der Waals surface area (Å²) in [6, 6.07) is 20.0. The number of fused-ring (bicyclic) bond motifs is 1. The van der Waals surface area contributed by atoms with Gasteiger partial charge in [-0.2, -0.15) is 13.2 Å². The quantitative estimate of drug-likeness (QED) is 0.194. The first-order valence-corrected chi connectivity index (χ1v) is 11.3. The number of carbonyl (C=O) groups excluding carboxylic acids is 1. The molecule has 0 amide bonds. The molecule has 1 heterocycles. The molecule has 4 aromatic rings. The van der Waals surface area contributed by atoms with Gasteiger partial charge < -0.3 is 9.47 Å². The summed E-state index contributed by atoms with van der Waals surface area (Å²) in [6.07, 6.45) is -1.72. The van der Waals surface area contributed by atoms with Gasteiger partial charge in [0.15, 0.2) is 0 Å². The van der Waals surface area contributed by atoms with Gasteiger partial charge in [-0.05, 0) is 55.7 Å². The molecule has 0 aliphatic heterocycles. The fraction of sp³-hybridized carbons (Fsp3) is 0.259. The van der Waals surface area contributed by atoms with Crippen LogP contribution in [0.2, 0.25) is 0 Å². The Morgan fingerprint density at radius 2 is 1.74 bits per heavy atom. The summed E-state index contributed by atoms with van der Waals surface area (Å²) in [4.78, 5) is 15.9. The number of carbonyl (C=O) groups is 1. The molecule has 0 unspecified atom stereocenters. The summed E-state index contributed by atoms with van der Waals surface area (Å²) in [5.74, 6) is 0.831. The molecule has 182 valence electrons. The minimum Gasteiger partial charge on any atom is -0.494 e. The van der Waals surface area contributed by atoms with Crippen LogP contribution >= 0.6 is 0 Å². The topological polar surface area (TPSA) is 53.4 Å². The van der Waals surface area contributed by atoms with E-state index in [0.717, 1.165) is 42.6 Å². The number of unbranched alkanes of at least 4 members (excludes halogenated alkanes) is 2. The lowest BCUT2D eigenvalue weighted by Gasteiger charge is -2.12. The van der Waals surface area contributed by atoms with Crippen molar-refractivity contribution in [3.05, 3.63) is 78.4 Å². The zero-order chi connectivity index (χ0) is 24.8. The first-order chi connectivity index (χ1) is 16.9. The number of alkyl halides is 3. The third kappa shape index (κ3) is 5.82. The lowest BCUT2D eigenvalue weighted by atomic mass is 10.1. The second-order valence-corrected chi connectivity index (χ2v) is 8.07. The third-order valence-electron chi connectivity index (χ3n) is 5.61. The van der Waals surface area contributed by atoms with Crippen molar-refractivity contribution in [2.24, 2.45) is 0 Å². The van der Waals surface area contributed by atoms with E-state index in [-0.39, 0.29) is 5.97 Å². The van der Waals surface area contributed by atoms with Crippen molar-refractivity contribution < 1.29 is 27.4 Å². The van der Waals surface area contributed by atoms with E-state index in [1.165, 1.54) is 13.2 Å². The number of rotatable bonds is 9. The van der Waals surface area contributed by atoms with Crippen LogP contribution in [0.5, 0.6) is 5.75 Å². The average molecular weight is 483 g/mol. The molecule has 0 atom stereocenters. The number of ether oxygens (including phenoxy) is 2. The second-order valence-electron chi connectivity index (χ2n) is 8.07. The molecule has 0 saturated heterocycles. The highest BCUT2D eigenvalue weighted by molar-refractivity contribution is 5.84. The summed E-state index contributed by atoms with van der Waals surface area (Å²) in [5, 5.41) is 0. The Morgan fingerprint density at radius 1 is 0.943 bits per heavy atom. The minimum absolute atomic E-state index is 0.220. The Hall–Kier alpha value is -3.81. The van der Waals surface area contributed by atoms with Gasteiger partial charge in [-0.25, -0.2) is 4.98 Å². The third-order valence-corrected chi connectivity index (χ3v) is 5.61. The van der Waals surface area contributed by atoms with E-state index in [1.54, 1.807) is 18.2 Å². The number of imidazole rings is 1. The van der Waals surface area contributed by atoms with Crippen LogP contribution in [0.25, 0.3) is 28.1 Å². The van der Waals surface area contributed by atoms with E-state index >= 15 is 0 Å². The highest BCUT2D eigenvalue weighted by Gasteiger charge is 2.31. The Bertz CT molecular complexity index is 1300. The molecule has 0 bridgehead atoms.